The molecule has 0 aliphatic heterocycles. The maximum Gasteiger partial charge on any atom is 0.265 e. The summed E-state index contributed by atoms with van der Waals surface area (Å²) in [6.07, 6.45) is 0.940. The number of carbonyl (C=O) groups excluding carboxylic acids is 1. The molecule has 3 heteroatoms. The van der Waals surface area contributed by atoms with E-state index in [0.717, 1.165) is 23.4 Å². The van der Waals surface area contributed by atoms with Crippen LogP contribution in [-0.4, -0.2) is 12.5 Å². The number of carbonyl (C=O) groups is 1. The SMILES string of the molecule is CCc1cccc(OCC(=O)N(Cc2ccccc2)c2ccccc2)c1. The van der Waals surface area contributed by atoms with E-state index >= 15 is 0 Å². The molecule has 132 valence electrons. The molecular weight excluding hydrogens is 322 g/mol. The molecule has 3 rings (SSSR count). The molecule has 3 aromatic carbocycles. The van der Waals surface area contributed by atoms with Gasteiger partial charge in [-0.1, -0.05) is 67.6 Å². The van der Waals surface area contributed by atoms with Gasteiger partial charge in [0.1, 0.15) is 5.75 Å². The van der Waals surface area contributed by atoms with Crippen LogP contribution in [0.4, 0.5) is 5.69 Å². The molecule has 0 N–H and O–H groups in total. The normalized spacial score (nSPS) is 10.3. The molecular formula is C23H23NO2. The van der Waals surface area contributed by atoms with Crippen molar-refractivity contribution in [1.29, 1.82) is 0 Å². The van der Waals surface area contributed by atoms with Crippen molar-refractivity contribution in [1.82, 2.24) is 0 Å². The Labute approximate surface area is 154 Å². The van der Waals surface area contributed by atoms with Crippen molar-refractivity contribution in [2.75, 3.05) is 11.5 Å². The molecule has 0 heterocycles. The minimum absolute atomic E-state index is 0.00882. The summed E-state index contributed by atoms with van der Waals surface area (Å²) >= 11 is 0. The van der Waals surface area contributed by atoms with Crippen LogP contribution < -0.4 is 9.64 Å². The van der Waals surface area contributed by atoms with Gasteiger partial charge in [0.15, 0.2) is 6.61 Å². The fraction of sp³-hybridized carbons (Fsp3) is 0.174. The first-order valence-corrected chi connectivity index (χ1v) is 8.87. The van der Waals surface area contributed by atoms with E-state index in [1.54, 1.807) is 4.90 Å². The number of hydrogen-bond acceptors (Lipinski definition) is 2. The summed E-state index contributed by atoms with van der Waals surface area (Å²) in [5.74, 6) is 0.660. The molecule has 0 saturated carbocycles. The average molecular weight is 345 g/mol. The van der Waals surface area contributed by atoms with Crippen molar-refractivity contribution in [2.24, 2.45) is 0 Å². The second kappa shape index (κ2) is 8.86. The number of hydrogen-bond donors (Lipinski definition) is 0. The molecule has 0 radical (unpaired) electrons. The fourth-order valence-electron chi connectivity index (χ4n) is 2.78. The monoisotopic (exact) mass is 345 g/mol. The van der Waals surface area contributed by atoms with E-state index in [0.29, 0.717) is 6.54 Å². The molecule has 26 heavy (non-hydrogen) atoms. The van der Waals surface area contributed by atoms with Crippen molar-refractivity contribution in [3.8, 4) is 5.75 Å². The smallest absolute Gasteiger partial charge is 0.265 e. The van der Waals surface area contributed by atoms with Crippen LogP contribution in [0.15, 0.2) is 84.9 Å². The maximum absolute atomic E-state index is 12.9. The van der Waals surface area contributed by atoms with Crippen LogP contribution in [0, 0.1) is 0 Å². The molecule has 0 fully saturated rings. The van der Waals surface area contributed by atoms with Crippen LogP contribution in [0.25, 0.3) is 0 Å². The first kappa shape index (κ1) is 17.7. The molecule has 3 aromatic rings. The summed E-state index contributed by atoms with van der Waals surface area (Å²) in [6, 6.07) is 27.6. The highest BCUT2D eigenvalue weighted by Crippen LogP contribution is 2.18. The third-order valence-electron chi connectivity index (χ3n) is 4.22. The van der Waals surface area contributed by atoms with Crippen LogP contribution in [-0.2, 0) is 17.8 Å². The molecule has 0 atom stereocenters. The van der Waals surface area contributed by atoms with E-state index in [-0.39, 0.29) is 12.5 Å². The summed E-state index contributed by atoms with van der Waals surface area (Å²) in [7, 11) is 0. The molecule has 0 bridgehead atoms. The minimum atomic E-state index is -0.0676. The third kappa shape index (κ3) is 4.73. The van der Waals surface area contributed by atoms with Gasteiger partial charge in [-0.3, -0.25) is 4.79 Å². The molecule has 0 aliphatic rings. The summed E-state index contributed by atoms with van der Waals surface area (Å²) < 4.78 is 5.76. The highest BCUT2D eigenvalue weighted by Gasteiger charge is 2.17. The molecule has 0 aliphatic carbocycles. The topological polar surface area (TPSA) is 29.5 Å². The van der Waals surface area contributed by atoms with Gasteiger partial charge < -0.3 is 9.64 Å². The zero-order valence-corrected chi connectivity index (χ0v) is 15.0. The Kier molecular flexibility index (Phi) is 6.05. The number of aryl methyl sites for hydroxylation is 1. The quantitative estimate of drug-likeness (QED) is 0.612. The van der Waals surface area contributed by atoms with E-state index in [4.69, 9.17) is 4.74 Å². The summed E-state index contributed by atoms with van der Waals surface area (Å²) in [5, 5.41) is 0. The van der Waals surface area contributed by atoms with Crippen molar-refractivity contribution in [2.45, 2.75) is 19.9 Å². The van der Waals surface area contributed by atoms with Crippen molar-refractivity contribution >= 4 is 11.6 Å². The van der Waals surface area contributed by atoms with Crippen LogP contribution in [0.1, 0.15) is 18.1 Å². The second-order valence-corrected chi connectivity index (χ2v) is 6.09. The number of anilines is 1. The van der Waals surface area contributed by atoms with Crippen molar-refractivity contribution < 1.29 is 9.53 Å². The Bertz CT molecular complexity index is 831. The first-order valence-electron chi connectivity index (χ1n) is 8.87. The van der Waals surface area contributed by atoms with E-state index in [2.05, 4.69) is 13.0 Å². The minimum Gasteiger partial charge on any atom is -0.484 e. The number of amides is 1. The predicted octanol–water partition coefficient (Wildman–Crippen LogP) is 4.86. The van der Waals surface area contributed by atoms with E-state index in [1.165, 1.54) is 5.56 Å². The van der Waals surface area contributed by atoms with E-state index in [1.807, 2.05) is 78.9 Å². The van der Waals surface area contributed by atoms with E-state index < -0.39 is 0 Å². The van der Waals surface area contributed by atoms with Gasteiger partial charge in [0, 0.05) is 5.69 Å². The Morgan fingerprint density at radius 2 is 1.50 bits per heavy atom. The number of rotatable bonds is 7. The van der Waals surface area contributed by atoms with Crippen LogP contribution in [0.2, 0.25) is 0 Å². The van der Waals surface area contributed by atoms with Gasteiger partial charge in [-0.05, 0) is 41.8 Å². The number of ether oxygens (including phenoxy) is 1. The van der Waals surface area contributed by atoms with Crippen molar-refractivity contribution in [3.05, 3.63) is 96.1 Å². The number of para-hydroxylation sites is 1. The average Bonchev–Trinajstić information content (AvgIpc) is 2.72. The maximum atomic E-state index is 12.9. The first-order chi connectivity index (χ1) is 12.8. The van der Waals surface area contributed by atoms with Gasteiger partial charge in [-0.15, -0.1) is 0 Å². The fourth-order valence-corrected chi connectivity index (χ4v) is 2.78. The van der Waals surface area contributed by atoms with Gasteiger partial charge in [0.25, 0.3) is 5.91 Å². The Morgan fingerprint density at radius 3 is 2.19 bits per heavy atom. The second-order valence-electron chi connectivity index (χ2n) is 6.09. The summed E-state index contributed by atoms with van der Waals surface area (Å²) in [5.41, 5.74) is 3.14. The lowest BCUT2D eigenvalue weighted by atomic mass is 10.2. The molecule has 0 aromatic heterocycles. The lowest BCUT2D eigenvalue weighted by molar-refractivity contribution is -0.120. The third-order valence-corrected chi connectivity index (χ3v) is 4.22. The zero-order valence-electron chi connectivity index (χ0n) is 15.0. The van der Waals surface area contributed by atoms with Crippen molar-refractivity contribution in [3.63, 3.8) is 0 Å². The van der Waals surface area contributed by atoms with Gasteiger partial charge in [-0.25, -0.2) is 0 Å². The standard InChI is InChI=1S/C23H23NO2/c1-2-19-12-9-15-22(16-19)26-18-23(25)24(21-13-7-4-8-14-21)17-20-10-5-3-6-11-20/h3-16H,2,17-18H2,1H3. The molecule has 3 nitrogen and oxygen atoms in total. The van der Waals surface area contributed by atoms with E-state index in [9.17, 15) is 4.79 Å². The molecule has 0 saturated heterocycles. The molecule has 0 unspecified atom stereocenters. The zero-order chi connectivity index (χ0) is 18.2. The highest BCUT2D eigenvalue weighted by atomic mass is 16.5. The van der Waals surface area contributed by atoms with Crippen LogP contribution in [0.3, 0.4) is 0 Å². The Hall–Kier alpha value is -3.07. The largest absolute Gasteiger partial charge is 0.484 e. The molecule has 1 amide bonds. The lowest BCUT2D eigenvalue weighted by Gasteiger charge is -2.23. The van der Waals surface area contributed by atoms with Crippen LogP contribution in [0.5, 0.6) is 5.75 Å². The lowest BCUT2D eigenvalue weighted by Crippen LogP contribution is -2.34. The van der Waals surface area contributed by atoms with Gasteiger partial charge >= 0.3 is 0 Å². The van der Waals surface area contributed by atoms with Crippen LogP contribution >= 0.6 is 0 Å². The highest BCUT2D eigenvalue weighted by molar-refractivity contribution is 5.94. The van der Waals surface area contributed by atoms with Gasteiger partial charge in [0.2, 0.25) is 0 Å². The number of benzene rings is 3. The molecule has 0 spiro atoms. The summed E-state index contributed by atoms with van der Waals surface area (Å²) in [4.78, 5) is 14.6. The predicted molar refractivity (Wildman–Crippen MR) is 105 cm³/mol. The van der Waals surface area contributed by atoms with Gasteiger partial charge in [0.05, 0.1) is 6.54 Å². The Balaban J connectivity index is 1.74. The van der Waals surface area contributed by atoms with Gasteiger partial charge in [-0.2, -0.15) is 0 Å². The summed E-state index contributed by atoms with van der Waals surface area (Å²) in [6.45, 7) is 2.62. The number of nitrogens with zero attached hydrogens (tertiary/aromatic N) is 1. The Morgan fingerprint density at radius 1 is 0.846 bits per heavy atom.